The Morgan fingerprint density at radius 2 is 2.33 bits per heavy atom. The van der Waals surface area contributed by atoms with Crippen molar-refractivity contribution in [2.75, 3.05) is 6.54 Å². The van der Waals surface area contributed by atoms with Crippen molar-refractivity contribution >= 4 is 0 Å². The largest absolute Gasteiger partial charge is 0.368 e. The summed E-state index contributed by atoms with van der Waals surface area (Å²) in [6, 6.07) is 0. The number of aliphatic hydroxyl groups excluding tert-OH is 1. The van der Waals surface area contributed by atoms with Gasteiger partial charge in [-0.1, -0.05) is 0 Å². The molecule has 9 heavy (non-hydrogen) atoms. The Balaban J connectivity index is 2.23. The minimum atomic E-state index is -0.563. The Labute approximate surface area is 54.8 Å². The standard InChI is InChI=1S/C6H13NO2/c7-4-5-2-1-3-6(8)9-5/h5-6,8H,1-4,7H2. The van der Waals surface area contributed by atoms with Crippen LogP contribution in [0.15, 0.2) is 0 Å². The first-order valence-corrected chi connectivity index (χ1v) is 3.36. The molecular weight excluding hydrogens is 118 g/mol. The maximum atomic E-state index is 8.93. The second-order valence-electron chi connectivity index (χ2n) is 2.38. The van der Waals surface area contributed by atoms with Crippen LogP contribution in [0.3, 0.4) is 0 Å². The highest BCUT2D eigenvalue weighted by atomic mass is 16.6. The molecular formula is C6H13NO2. The van der Waals surface area contributed by atoms with Gasteiger partial charge in [0.2, 0.25) is 0 Å². The summed E-state index contributed by atoms with van der Waals surface area (Å²) in [7, 11) is 0. The summed E-state index contributed by atoms with van der Waals surface area (Å²) in [4.78, 5) is 0. The lowest BCUT2D eigenvalue weighted by atomic mass is 10.1. The lowest BCUT2D eigenvalue weighted by Gasteiger charge is -2.25. The number of hydrogen-bond acceptors (Lipinski definition) is 3. The van der Waals surface area contributed by atoms with Gasteiger partial charge in [-0.2, -0.15) is 0 Å². The highest BCUT2D eigenvalue weighted by Crippen LogP contribution is 2.15. The van der Waals surface area contributed by atoms with E-state index in [0.29, 0.717) is 6.54 Å². The first-order valence-electron chi connectivity index (χ1n) is 3.36. The molecule has 2 unspecified atom stereocenters. The van der Waals surface area contributed by atoms with Gasteiger partial charge in [-0.3, -0.25) is 0 Å². The molecule has 0 spiro atoms. The Hall–Kier alpha value is -0.120. The SMILES string of the molecule is NCC1CCCC(O)O1. The van der Waals surface area contributed by atoms with Gasteiger partial charge in [0.15, 0.2) is 6.29 Å². The lowest BCUT2D eigenvalue weighted by molar-refractivity contribution is -0.159. The molecule has 1 fully saturated rings. The van der Waals surface area contributed by atoms with Crippen LogP contribution in [-0.2, 0) is 4.74 Å². The number of ether oxygens (including phenoxy) is 1. The summed E-state index contributed by atoms with van der Waals surface area (Å²) >= 11 is 0. The highest BCUT2D eigenvalue weighted by molar-refractivity contribution is 4.65. The highest BCUT2D eigenvalue weighted by Gasteiger charge is 2.18. The molecule has 0 aromatic heterocycles. The van der Waals surface area contributed by atoms with Crippen LogP contribution >= 0.6 is 0 Å². The van der Waals surface area contributed by atoms with E-state index in [4.69, 9.17) is 15.6 Å². The molecule has 1 aliphatic rings. The molecule has 3 N–H and O–H groups in total. The van der Waals surface area contributed by atoms with Crippen LogP contribution in [0.1, 0.15) is 19.3 Å². The molecule has 0 bridgehead atoms. The van der Waals surface area contributed by atoms with E-state index in [9.17, 15) is 0 Å². The van der Waals surface area contributed by atoms with E-state index < -0.39 is 6.29 Å². The van der Waals surface area contributed by atoms with Gasteiger partial charge in [-0.05, 0) is 19.3 Å². The van der Waals surface area contributed by atoms with Gasteiger partial charge in [0.1, 0.15) is 0 Å². The van der Waals surface area contributed by atoms with Gasteiger partial charge in [0.05, 0.1) is 6.10 Å². The molecule has 0 aromatic carbocycles. The van der Waals surface area contributed by atoms with E-state index in [-0.39, 0.29) is 6.10 Å². The van der Waals surface area contributed by atoms with Crippen molar-refractivity contribution in [3.8, 4) is 0 Å². The van der Waals surface area contributed by atoms with E-state index in [2.05, 4.69) is 0 Å². The van der Waals surface area contributed by atoms with Crippen LogP contribution in [0.5, 0.6) is 0 Å². The minimum Gasteiger partial charge on any atom is -0.368 e. The van der Waals surface area contributed by atoms with Gasteiger partial charge < -0.3 is 15.6 Å². The maximum Gasteiger partial charge on any atom is 0.154 e. The van der Waals surface area contributed by atoms with Crippen molar-refractivity contribution < 1.29 is 9.84 Å². The van der Waals surface area contributed by atoms with Crippen molar-refractivity contribution in [1.29, 1.82) is 0 Å². The van der Waals surface area contributed by atoms with Crippen molar-refractivity contribution in [3.63, 3.8) is 0 Å². The summed E-state index contributed by atoms with van der Waals surface area (Å²) in [5, 5.41) is 8.93. The van der Waals surface area contributed by atoms with E-state index in [0.717, 1.165) is 19.3 Å². The summed E-state index contributed by atoms with van der Waals surface area (Å²) in [5.41, 5.74) is 5.33. The maximum absolute atomic E-state index is 8.93. The zero-order valence-corrected chi connectivity index (χ0v) is 5.42. The summed E-state index contributed by atoms with van der Waals surface area (Å²) in [6.07, 6.45) is 2.31. The Morgan fingerprint density at radius 3 is 2.78 bits per heavy atom. The third-order valence-electron chi connectivity index (χ3n) is 1.59. The van der Waals surface area contributed by atoms with E-state index in [1.165, 1.54) is 0 Å². The molecule has 0 saturated carbocycles. The van der Waals surface area contributed by atoms with E-state index in [1.54, 1.807) is 0 Å². The quantitative estimate of drug-likeness (QED) is 0.519. The Bertz CT molecular complexity index is 87.1. The number of rotatable bonds is 1. The van der Waals surface area contributed by atoms with Crippen molar-refractivity contribution in [3.05, 3.63) is 0 Å². The number of nitrogens with two attached hydrogens (primary N) is 1. The van der Waals surface area contributed by atoms with Crippen molar-refractivity contribution in [1.82, 2.24) is 0 Å². The smallest absolute Gasteiger partial charge is 0.154 e. The molecule has 2 atom stereocenters. The van der Waals surface area contributed by atoms with Crippen LogP contribution in [0.4, 0.5) is 0 Å². The van der Waals surface area contributed by atoms with Crippen LogP contribution in [-0.4, -0.2) is 24.0 Å². The molecule has 54 valence electrons. The van der Waals surface area contributed by atoms with Crippen LogP contribution in [0.25, 0.3) is 0 Å². The van der Waals surface area contributed by atoms with Crippen molar-refractivity contribution in [2.24, 2.45) is 5.73 Å². The van der Waals surface area contributed by atoms with Gasteiger partial charge in [0, 0.05) is 6.54 Å². The molecule has 0 amide bonds. The number of aliphatic hydroxyl groups is 1. The molecule has 1 heterocycles. The van der Waals surface area contributed by atoms with Gasteiger partial charge in [-0.25, -0.2) is 0 Å². The zero-order chi connectivity index (χ0) is 6.69. The second-order valence-corrected chi connectivity index (χ2v) is 2.38. The minimum absolute atomic E-state index is 0.0914. The van der Waals surface area contributed by atoms with Crippen molar-refractivity contribution in [2.45, 2.75) is 31.7 Å². The predicted octanol–water partition coefficient (Wildman–Crippen LogP) is -0.167. The van der Waals surface area contributed by atoms with Crippen LogP contribution < -0.4 is 5.73 Å². The molecule has 1 saturated heterocycles. The van der Waals surface area contributed by atoms with Gasteiger partial charge >= 0.3 is 0 Å². The second kappa shape index (κ2) is 3.15. The van der Waals surface area contributed by atoms with E-state index in [1.807, 2.05) is 0 Å². The average molecular weight is 131 g/mol. The van der Waals surface area contributed by atoms with E-state index >= 15 is 0 Å². The Kier molecular flexibility index (Phi) is 2.45. The fourth-order valence-corrected chi connectivity index (χ4v) is 1.05. The summed E-state index contributed by atoms with van der Waals surface area (Å²) in [5.74, 6) is 0. The summed E-state index contributed by atoms with van der Waals surface area (Å²) in [6.45, 7) is 0.525. The number of hydrogen-bond donors (Lipinski definition) is 2. The normalized spacial score (nSPS) is 36.7. The first-order chi connectivity index (χ1) is 4.33. The lowest BCUT2D eigenvalue weighted by Crippen LogP contribution is -2.32. The molecule has 3 heteroatoms. The Morgan fingerprint density at radius 1 is 1.56 bits per heavy atom. The van der Waals surface area contributed by atoms with Gasteiger partial charge in [-0.15, -0.1) is 0 Å². The molecule has 0 aromatic rings. The zero-order valence-electron chi connectivity index (χ0n) is 5.42. The molecule has 1 rings (SSSR count). The molecule has 1 aliphatic heterocycles. The monoisotopic (exact) mass is 131 g/mol. The molecule has 3 nitrogen and oxygen atoms in total. The van der Waals surface area contributed by atoms with Crippen LogP contribution in [0, 0.1) is 0 Å². The van der Waals surface area contributed by atoms with Gasteiger partial charge in [0.25, 0.3) is 0 Å². The molecule has 0 radical (unpaired) electrons. The third kappa shape index (κ3) is 1.93. The predicted molar refractivity (Wildman–Crippen MR) is 33.8 cm³/mol. The molecule has 0 aliphatic carbocycles. The average Bonchev–Trinajstić information content (AvgIpc) is 1.88. The topological polar surface area (TPSA) is 55.5 Å². The third-order valence-corrected chi connectivity index (χ3v) is 1.59. The fraction of sp³-hybridized carbons (Fsp3) is 1.00. The first kappa shape index (κ1) is 6.99. The summed E-state index contributed by atoms with van der Waals surface area (Å²) < 4.78 is 5.07. The van der Waals surface area contributed by atoms with Crippen LogP contribution in [0.2, 0.25) is 0 Å². The fourth-order valence-electron chi connectivity index (χ4n) is 1.05.